The minimum absolute atomic E-state index is 0.163. The first-order valence-electron chi connectivity index (χ1n) is 7.99. The molecule has 0 aliphatic carbocycles. The van der Waals surface area contributed by atoms with Gasteiger partial charge in [-0.25, -0.2) is 4.79 Å². The number of benzene rings is 1. The lowest BCUT2D eigenvalue weighted by Crippen LogP contribution is -2.34. The van der Waals surface area contributed by atoms with E-state index >= 15 is 0 Å². The number of carbonyl (C=O) groups is 1. The Morgan fingerprint density at radius 1 is 1.35 bits per heavy atom. The van der Waals surface area contributed by atoms with Crippen molar-refractivity contribution >= 4 is 11.7 Å². The average molecular weight is 322 g/mol. The Bertz CT molecular complexity index is 515. The van der Waals surface area contributed by atoms with Crippen molar-refractivity contribution in [2.24, 2.45) is 0 Å². The Morgan fingerprint density at radius 2 is 2.17 bits per heavy atom. The quantitative estimate of drug-likeness (QED) is 0.874. The summed E-state index contributed by atoms with van der Waals surface area (Å²) in [5, 5.41) is 2.87. The first-order valence-corrected chi connectivity index (χ1v) is 7.99. The monoisotopic (exact) mass is 322 g/mol. The Hall–Kier alpha value is -1.95. The van der Waals surface area contributed by atoms with Gasteiger partial charge in [-0.1, -0.05) is 0 Å². The zero-order valence-electron chi connectivity index (χ0n) is 14.1. The zero-order chi connectivity index (χ0) is 16.7. The summed E-state index contributed by atoms with van der Waals surface area (Å²) in [6.07, 6.45) is 4.58. The molecule has 6 heteroatoms. The molecule has 128 valence electrons. The predicted octanol–water partition coefficient (Wildman–Crippen LogP) is 3.13. The van der Waals surface area contributed by atoms with Crippen molar-refractivity contribution in [1.29, 1.82) is 0 Å². The third-order valence-corrected chi connectivity index (χ3v) is 4.06. The van der Waals surface area contributed by atoms with Crippen molar-refractivity contribution < 1.29 is 19.0 Å². The van der Waals surface area contributed by atoms with Crippen LogP contribution in [0.1, 0.15) is 25.7 Å². The second-order valence-corrected chi connectivity index (χ2v) is 5.70. The number of carbonyl (C=O) groups excluding carboxylic acids is 1. The van der Waals surface area contributed by atoms with Crippen LogP contribution in [0.4, 0.5) is 10.5 Å². The number of anilines is 1. The molecule has 1 aromatic rings. The molecular weight excluding hydrogens is 296 g/mol. The Labute approximate surface area is 137 Å². The van der Waals surface area contributed by atoms with Crippen LogP contribution in [-0.2, 0) is 4.74 Å². The molecule has 1 fully saturated rings. The van der Waals surface area contributed by atoms with Gasteiger partial charge in [0.25, 0.3) is 0 Å². The van der Waals surface area contributed by atoms with Crippen LogP contribution in [0.15, 0.2) is 18.2 Å². The number of hydrogen-bond donors (Lipinski definition) is 1. The summed E-state index contributed by atoms with van der Waals surface area (Å²) in [5.74, 6) is 1.25. The fraction of sp³-hybridized carbons (Fsp3) is 0.588. The molecule has 0 saturated carbocycles. The number of rotatable bonds is 6. The predicted molar refractivity (Wildman–Crippen MR) is 89.4 cm³/mol. The smallest absolute Gasteiger partial charge is 0.321 e. The lowest BCUT2D eigenvalue weighted by Gasteiger charge is -2.25. The van der Waals surface area contributed by atoms with Gasteiger partial charge in [0.1, 0.15) is 11.5 Å². The topological polar surface area (TPSA) is 60.0 Å². The molecule has 1 aliphatic heterocycles. The van der Waals surface area contributed by atoms with Crippen LogP contribution in [0.5, 0.6) is 11.5 Å². The molecule has 1 N–H and O–H groups in total. The highest BCUT2D eigenvalue weighted by molar-refractivity contribution is 5.91. The third kappa shape index (κ3) is 5.03. The van der Waals surface area contributed by atoms with Gasteiger partial charge in [0.15, 0.2) is 0 Å². The third-order valence-electron chi connectivity index (χ3n) is 4.06. The number of nitrogens with zero attached hydrogens (tertiary/aromatic N) is 1. The van der Waals surface area contributed by atoms with Crippen LogP contribution >= 0.6 is 0 Å². The average Bonchev–Trinajstić information content (AvgIpc) is 2.60. The van der Waals surface area contributed by atoms with Gasteiger partial charge < -0.3 is 24.4 Å². The summed E-state index contributed by atoms with van der Waals surface area (Å²) in [4.78, 5) is 14.0. The van der Waals surface area contributed by atoms with Crippen molar-refractivity contribution in [3.8, 4) is 11.5 Å². The number of methoxy groups -OCH3 is 2. The van der Waals surface area contributed by atoms with Gasteiger partial charge in [-0.05, 0) is 37.8 Å². The standard InChI is InChI=1S/C17H26N2O4/c1-19(10-9-13-6-4-5-11-23-13)17(20)18-15-8-7-14(21-2)12-16(15)22-3/h7-8,12-13H,4-6,9-11H2,1-3H3,(H,18,20)/t13-/m0/s1. The largest absolute Gasteiger partial charge is 0.497 e. The highest BCUT2D eigenvalue weighted by atomic mass is 16.5. The molecule has 1 heterocycles. The minimum Gasteiger partial charge on any atom is -0.497 e. The molecule has 1 atom stereocenters. The number of ether oxygens (including phenoxy) is 3. The van der Waals surface area contributed by atoms with E-state index in [2.05, 4.69) is 5.32 Å². The second-order valence-electron chi connectivity index (χ2n) is 5.70. The highest BCUT2D eigenvalue weighted by Crippen LogP contribution is 2.29. The summed E-state index contributed by atoms with van der Waals surface area (Å²) in [6, 6.07) is 5.14. The molecule has 2 amide bonds. The molecule has 6 nitrogen and oxygen atoms in total. The number of hydrogen-bond acceptors (Lipinski definition) is 4. The van der Waals surface area contributed by atoms with Crippen LogP contribution in [0.3, 0.4) is 0 Å². The Morgan fingerprint density at radius 3 is 2.83 bits per heavy atom. The molecule has 0 unspecified atom stereocenters. The number of nitrogens with one attached hydrogen (secondary N) is 1. The van der Waals surface area contributed by atoms with E-state index in [-0.39, 0.29) is 12.1 Å². The summed E-state index contributed by atoms with van der Waals surface area (Å²) in [7, 11) is 4.94. The molecule has 2 rings (SSSR count). The molecule has 0 spiro atoms. The van der Waals surface area contributed by atoms with Gasteiger partial charge in [0.05, 0.1) is 26.0 Å². The number of urea groups is 1. The molecule has 1 aliphatic rings. The van der Waals surface area contributed by atoms with Gasteiger partial charge in [-0.2, -0.15) is 0 Å². The molecular formula is C17H26N2O4. The SMILES string of the molecule is COc1ccc(NC(=O)N(C)CC[C@@H]2CCCCO2)c(OC)c1. The number of amides is 2. The Kier molecular flexibility index (Phi) is 6.52. The first kappa shape index (κ1) is 17.4. The first-order chi connectivity index (χ1) is 11.1. The van der Waals surface area contributed by atoms with E-state index in [0.29, 0.717) is 23.7 Å². The van der Waals surface area contributed by atoms with Crippen molar-refractivity contribution in [3.05, 3.63) is 18.2 Å². The summed E-state index contributed by atoms with van der Waals surface area (Å²) >= 11 is 0. The minimum atomic E-state index is -0.163. The molecule has 0 bridgehead atoms. The maximum absolute atomic E-state index is 12.3. The van der Waals surface area contributed by atoms with Gasteiger partial charge in [-0.15, -0.1) is 0 Å². The van der Waals surface area contributed by atoms with Crippen LogP contribution in [0.2, 0.25) is 0 Å². The van der Waals surface area contributed by atoms with Crippen LogP contribution in [0.25, 0.3) is 0 Å². The molecule has 1 aromatic carbocycles. The second kappa shape index (κ2) is 8.62. The van der Waals surface area contributed by atoms with E-state index < -0.39 is 0 Å². The molecule has 1 saturated heterocycles. The summed E-state index contributed by atoms with van der Waals surface area (Å²) in [5.41, 5.74) is 0.624. The molecule has 0 radical (unpaired) electrons. The van der Waals surface area contributed by atoms with E-state index in [1.165, 1.54) is 6.42 Å². The summed E-state index contributed by atoms with van der Waals surface area (Å²) in [6.45, 7) is 1.50. The van der Waals surface area contributed by atoms with Crippen LogP contribution in [-0.4, -0.2) is 51.5 Å². The fourth-order valence-electron chi connectivity index (χ4n) is 2.59. The fourth-order valence-corrected chi connectivity index (χ4v) is 2.59. The molecule has 23 heavy (non-hydrogen) atoms. The van der Waals surface area contributed by atoms with Crippen LogP contribution < -0.4 is 14.8 Å². The highest BCUT2D eigenvalue weighted by Gasteiger charge is 2.17. The van der Waals surface area contributed by atoms with Crippen molar-refractivity contribution in [1.82, 2.24) is 4.90 Å². The van der Waals surface area contributed by atoms with E-state index in [9.17, 15) is 4.79 Å². The van der Waals surface area contributed by atoms with E-state index in [1.54, 1.807) is 44.4 Å². The maximum atomic E-state index is 12.3. The van der Waals surface area contributed by atoms with Crippen molar-refractivity contribution in [2.45, 2.75) is 31.8 Å². The lowest BCUT2D eigenvalue weighted by atomic mass is 10.1. The lowest BCUT2D eigenvalue weighted by molar-refractivity contribution is 0.00848. The van der Waals surface area contributed by atoms with Crippen molar-refractivity contribution in [2.75, 3.05) is 39.7 Å². The van der Waals surface area contributed by atoms with Gasteiger partial charge in [0.2, 0.25) is 0 Å². The van der Waals surface area contributed by atoms with Gasteiger partial charge in [-0.3, -0.25) is 0 Å². The van der Waals surface area contributed by atoms with E-state index in [0.717, 1.165) is 25.9 Å². The van der Waals surface area contributed by atoms with Gasteiger partial charge >= 0.3 is 6.03 Å². The normalized spacial score (nSPS) is 17.4. The van der Waals surface area contributed by atoms with Crippen molar-refractivity contribution in [3.63, 3.8) is 0 Å². The Balaban J connectivity index is 1.87. The maximum Gasteiger partial charge on any atom is 0.321 e. The van der Waals surface area contributed by atoms with E-state index in [4.69, 9.17) is 14.2 Å². The summed E-state index contributed by atoms with van der Waals surface area (Å²) < 4.78 is 16.1. The van der Waals surface area contributed by atoms with E-state index in [1.807, 2.05) is 0 Å². The van der Waals surface area contributed by atoms with Crippen LogP contribution in [0, 0.1) is 0 Å². The zero-order valence-corrected chi connectivity index (χ0v) is 14.1. The molecule has 0 aromatic heterocycles. The van der Waals surface area contributed by atoms with Gasteiger partial charge in [0, 0.05) is 26.3 Å².